The highest BCUT2D eigenvalue weighted by molar-refractivity contribution is 8.00. The van der Waals surface area contributed by atoms with Crippen LogP contribution in [0.15, 0.2) is 34.5 Å². The van der Waals surface area contributed by atoms with Crippen LogP contribution < -0.4 is 5.32 Å². The summed E-state index contributed by atoms with van der Waals surface area (Å²) < 4.78 is 10.3. The van der Waals surface area contributed by atoms with E-state index >= 15 is 0 Å². The van der Waals surface area contributed by atoms with Crippen LogP contribution >= 0.6 is 23.1 Å². The van der Waals surface area contributed by atoms with Gasteiger partial charge in [-0.2, -0.15) is 0 Å². The minimum absolute atomic E-state index is 0.107. The van der Waals surface area contributed by atoms with Crippen LogP contribution in [-0.4, -0.2) is 42.9 Å². The van der Waals surface area contributed by atoms with Crippen LogP contribution in [-0.2, 0) is 27.3 Å². The zero-order chi connectivity index (χ0) is 18.8. The summed E-state index contributed by atoms with van der Waals surface area (Å²) in [6.07, 6.45) is 0.866. The second-order valence-corrected chi connectivity index (χ2v) is 7.25. The smallest absolute Gasteiger partial charge is 0.339 e. The second-order valence-electron chi connectivity index (χ2n) is 5.29. The first kappa shape index (κ1) is 20.4. The van der Waals surface area contributed by atoms with Gasteiger partial charge in [-0.05, 0) is 18.6 Å². The van der Waals surface area contributed by atoms with Crippen molar-refractivity contribution in [2.24, 2.45) is 0 Å². The molecule has 2 aromatic rings. The normalized spacial score (nSPS) is 10.5. The number of nitrogens with one attached hydrogen (secondary N) is 1. The molecule has 0 bridgehead atoms. The van der Waals surface area contributed by atoms with Crippen LogP contribution in [0.25, 0.3) is 0 Å². The second kappa shape index (κ2) is 10.9. The molecule has 0 unspecified atom stereocenters. The van der Waals surface area contributed by atoms with E-state index in [4.69, 9.17) is 9.47 Å². The number of ether oxygens (including phenoxy) is 2. The Balaban J connectivity index is 1.90. The van der Waals surface area contributed by atoms with Gasteiger partial charge in [0.25, 0.3) is 0 Å². The first-order chi connectivity index (χ1) is 12.6. The molecule has 8 heteroatoms. The minimum atomic E-state index is -0.418. The number of thiazole rings is 1. The van der Waals surface area contributed by atoms with Crippen LogP contribution in [0.1, 0.15) is 28.0 Å². The minimum Gasteiger partial charge on any atom is -0.456 e. The summed E-state index contributed by atoms with van der Waals surface area (Å²) in [5.41, 5.74) is 1.20. The van der Waals surface area contributed by atoms with Gasteiger partial charge in [0.1, 0.15) is 6.61 Å². The standard InChI is InChI=1S/C18H22N2O4S2/c1-3-17-20-13(11-26-17)10-24-18(22)14-6-4-5-7-15(14)25-12-16(21)19-8-9-23-2/h4-7,11H,3,8-10,12H2,1-2H3,(H,19,21). The van der Waals surface area contributed by atoms with E-state index in [0.29, 0.717) is 23.6 Å². The van der Waals surface area contributed by atoms with Crippen molar-refractivity contribution in [3.05, 3.63) is 45.9 Å². The number of nitrogens with zero attached hydrogens (tertiary/aromatic N) is 1. The molecule has 2 rings (SSSR count). The number of hydrogen-bond donors (Lipinski definition) is 1. The molecule has 140 valence electrons. The fourth-order valence-corrected chi connectivity index (χ4v) is 3.64. The Bertz CT molecular complexity index is 733. The number of aryl methyl sites for hydroxylation is 1. The van der Waals surface area contributed by atoms with Crippen molar-refractivity contribution in [1.29, 1.82) is 0 Å². The number of methoxy groups -OCH3 is 1. The molecule has 26 heavy (non-hydrogen) atoms. The van der Waals surface area contributed by atoms with Crippen molar-refractivity contribution in [2.75, 3.05) is 26.0 Å². The van der Waals surface area contributed by atoms with Crippen molar-refractivity contribution in [3.8, 4) is 0 Å². The Labute approximate surface area is 161 Å². The number of aromatic nitrogens is 1. The van der Waals surface area contributed by atoms with E-state index in [1.54, 1.807) is 30.6 Å². The number of thioether (sulfide) groups is 1. The van der Waals surface area contributed by atoms with Gasteiger partial charge in [-0.25, -0.2) is 9.78 Å². The lowest BCUT2D eigenvalue weighted by Gasteiger charge is -2.09. The third-order valence-corrected chi connectivity index (χ3v) is 5.46. The van der Waals surface area contributed by atoms with E-state index < -0.39 is 5.97 Å². The highest BCUT2D eigenvalue weighted by Crippen LogP contribution is 2.23. The van der Waals surface area contributed by atoms with Crippen molar-refractivity contribution >= 4 is 35.0 Å². The van der Waals surface area contributed by atoms with E-state index in [0.717, 1.165) is 17.1 Å². The molecule has 0 aliphatic rings. The third kappa shape index (κ3) is 6.44. The van der Waals surface area contributed by atoms with Crippen LogP contribution in [0, 0.1) is 0 Å². The van der Waals surface area contributed by atoms with Gasteiger partial charge < -0.3 is 14.8 Å². The highest BCUT2D eigenvalue weighted by atomic mass is 32.2. The van der Waals surface area contributed by atoms with E-state index in [1.807, 2.05) is 24.4 Å². The fraction of sp³-hybridized carbons (Fsp3) is 0.389. The number of amides is 1. The molecule has 0 spiro atoms. The van der Waals surface area contributed by atoms with Crippen LogP contribution in [0.5, 0.6) is 0 Å². The Morgan fingerprint density at radius 2 is 2.12 bits per heavy atom. The summed E-state index contributed by atoms with van der Waals surface area (Å²) in [4.78, 5) is 29.3. The summed E-state index contributed by atoms with van der Waals surface area (Å²) in [6, 6.07) is 7.11. The molecule has 0 radical (unpaired) electrons. The molecule has 0 aliphatic carbocycles. The number of carbonyl (C=O) groups excluding carboxylic acids is 2. The maximum absolute atomic E-state index is 12.4. The Morgan fingerprint density at radius 1 is 1.31 bits per heavy atom. The van der Waals surface area contributed by atoms with Crippen molar-refractivity contribution in [2.45, 2.75) is 24.8 Å². The molecule has 1 amide bonds. The monoisotopic (exact) mass is 394 g/mol. The lowest BCUT2D eigenvalue weighted by molar-refractivity contribution is -0.118. The highest BCUT2D eigenvalue weighted by Gasteiger charge is 2.15. The molecule has 0 saturated heterocycles. The van der Waals surface area contributed by atoms with Crippen molar-refractivity contribution < 1.29 is 19.1 Å². The third-order valence-electron chi connectivity index (χ3n) is 3.35. The molecular formula is C18H22N2O4S2. The van der Waals surface area contributed by atoms with Gasteiger partial charge >= 0.3 is 5.97 Å². The van der Waals surface area contributed by atoms with E-state index in [-0.39, 0.29) is 18.3 Å². The molecule has 0 fully saturated rings. The van der Waals surface area contributed by atoms with Crippen molar-refractivity contribution in [3.63, 3.8) is 0 Å². The number of hydrogen-bond acceptors (Lipinski definition) is 7. The topological polar surface area (TPSA) is 77.5 Å². The molecule has 0 saturated carbocycles. The predicted octanol–water partition coefficient (Wildman–Crippen LogP) is 2.92. The summed E-state index contributed by atoms with van der Waals surface area (Å²) >= 11 is 2.86. The lowest BCUT2D eigenvalue weighted by Crippen LogP contribution is -2.28. The van der Waals surface area contributed by atoms with Gasteiger partial charge in [0.2, 0.25) is 5.91 Å². The van der Waals surface area contributed by atoms with Gasteiger partial charge in [-0.3, -0.25) is 4.79 Å². The largest absolute Gasteiger partial charge is 0.456 e. The zero-order valence-electron chi connectivity index (χ0n) is 14.8. The van der Waals surface area contributed by atoms with Crippen molar-refractivity contribution in [1.82, 2.24) is 10.3 Å². The van der Waals surface area contributed by atoms with Crippen LogP contribution in [0.2, 0.25) is 0 Å². The lowest BCUT2D eigenvalue weighted by atomic mass is 10.2. The molecule has 0 atom stereocenters. The van der Waals surface area contributed by atoms with Gasteiger partial charge in [-0.1, -0.05) is 19.1 Å². The molecule has 6 nitrogen and oxygen atoms in total. The van der Waals surface area contributed by atoms with Gasteiger partial charge in [-0.15, -0.1) is 23.1 Å². The average Bonchev–Trinajstić information content (AvgIpc) is 3.13. The summed E-state index contributed by atoms with van der Waals surface area (Å²) in [5, 5.41) is 5.67. The molecule has 1 aromatic heterocycles. The fourth-order valence-electron chi connectivity index (χ4n) is 2.04. The Morgan fingerprint density at radius 3 is 2.85 bits per heavy atom. The quantitative estimate of drug-likeness (QED) is 0.379. The Kier molecular flexibility index (Phi) is 8.60. The maximum atomic E-state index is 12.4. The summed E-state index contributed by atoms with van der Waals surface area (Å²) in [6.45, 7) is 3.11. The number of esters is 1. The number of benzene rings is 1. The molecule has 1 aromatic carbocycles. The zero-order valence-corrected chi connectivity index (χ0v) is 16.5. The molecule has 1 N–H and O–H groups in total. The first-order valence-electron chi connectivity index (χ1n) is 8.22. The van der Waals surface area contributed by atoms with Gasteiger partial charge in [0.05, 0.1) is 28.6 Å². The average molecular weight is 395 g/mol. The predicted molar refractivity (Wildman–Crippen MR) is 103 cm³/mol. The number of rotatable bonds is 10. The van der Waals surface area contributed by atoms with Crippen LogP contribution in [0.4, 0.5) is 0 Å². The maximum Gasteiger partial charge on any atom is 0.339 e. The Hall–Kier alpha value is -1.90. The van der Waals surface area contributed by atoms with Crippen LogP contribution in [0.3, 0.4) is 0 Å². The van der Waals surface area contributed by atoms with Gasteiger partial charge in [0, 0.05) is 23.9 Å². The molecular weight excluding hydrogens is 372 g/mol. The first-order valence-corrected chi connectivity index (χ1v) is 10.1. The molecule has 1 heterocycles. The summed E-state index contributed by atoms with van der Waals surface area (Å²) in [5.74, 6) is -0.302. The van der Waals surface area contributed by atoms with E-state index in [1.165, 1.54) is 11.8 Å². The van der Waals surface area contributed by atoms with E-state index in [9.17, 15) is 9.59 Å². The number of carbonyl (C=O) groups is 2. The van der Waals surface area contributed by atoms with Gasteiger partial charge in [0.15, 0.2) is 0 Å². The summed E-state index contributed by atoms with van der Waals surface area (Å²) in [7, 11) is 1.58. The van der Waals surface area contributed by atoms with E-state index in [2.05, 4.69) is 10.3 Å². The SMILES string of the molecule is CCc1nc(COC(=O)c2ccccc2SCC(=O)NCCOC)cs1. The molecule has 0 aliphatic heterocycles.